The summed E-state index contributed by atoms with van der Waals surface area (Å²) in [5, 5.41) is 21.1. The Morgan fingerprint density at radius 2 is 1.79 bits per heavy atom. The highest BCUT2D eigenvalue weighted by Gasteiger charge is 2.50. The largest absolute Gasteiger partial charge is 0.457 e. The Hall–Kier alpha value is -2.91. The van der Waals surface area contributed by atoms with Gasteiger partial charge in [0.1, 0.15) is 11.7 Å². The molecule has 0 saturated heterocycles. The summed E-state index contributed by atoms with van der Waals surface area (Å²) in [7, 11) is 0. The number of carbonyl (C=O) groups excluding carboxylic acids is 1. The van der Waals surface area contributed by atoms with Crippen molar-refractivity contribution in [3.63, 3.8) is 0 Å². The van der Waals surface area contributed by atoms with Crippen LogP contribution in [0.4, 0.5) is 5.82 Å². The van der Waals surface area contributed by atoms with Crippen molar-refractivity contribution in [2.75, 3.05) is 5.06 Å². The molecule has 0 aliphatic rings. The van der Waals surface area contributed by atoms with E-state index in [-0.39, 0.29) is 11.4 Å². The Morgan fingerprint density at radius 3 is 2.29 bits per heavy atom. The first-order valence-corrected chi connectivity index (χ1v) is 7.41. The van der Waals surface area contributed by atoms with Gasteiger partial charge in [-0.15, -0.1) is 0 Å². The van der Waals surface area contributed by atoms with Crippen LogP contribution < -0.4 is 5.06 Å². The number of hydrogen-bond donors (Lipinski definition) is 1. The maximum absolute atomic E-state index is 12.9. The Labute approximate surface area is 140 Å². The summed E-state index contributed by atoms with van der Waals surface area (Å²) in [5.74, 6) is -0.814. The van der Waals surface area contributed by atoms with Gasteiger partial charge in [0.05, 0.1) is 0 Å². The van der Waals surface area contributed by atoms with Gasteiger partial charge in [0.25, 0.3) is 5.54 Å². The summed E-state index contributed by atoms with van der Waals surface area (Å²) in [6.45, 7) is 5.08. The van der Waals surface area contributed by atoms with Gasteiger partial charge in [-0.2, -0.15) is 5.26 Å². The van der Waals surface area contributed by atoms with Crippen LogP contribution in [-0.4, -0.2) is 21.8 Å². The van der Waals surface area contributed by atoms with Crippen molar-refractivity contribution in [2.24, 2.45) is 0 Å². The van der Waals surface area contributed by atoms with Crippen molar-refractivity contribution in [3.05, 3.63) is 60.3 Å². The molecular formula is C18H19N3O3. The lowest BCUT2D eigenvalue weighted by atomic mass is 9.90. The molecule has 1 aromatic carbocycles. The van der Waals surface area contributed by atoms with E-state index in [4.69, 9.17) is 4.74 Å². The topological polar surface area (TPSA) is 86.5 Å². The number of esters is 1. The molecule has 0 aliphatic heterocycles. The van der Waals surface area contributed by atoms with Crippen LogP contribution in [0.5, 0.6) is 0 Å². The molecule has 124 valence electrons. The van der Waals surface area contributed by atoms with Crippen LogP contribution in [0.3, 0.4) is 0 Å². The molecule has 2 rings (SSSR count). The molecule has 0 unspecified atom stereocenters. The second kappa shape index (κ2) is 6.69. The Balaban J connectivity index is 2.61. The number of rotatable bonds is 4. The van der Waals surface area contributed by atoms with Gasteiger partial charge >= 0.3 is 5.97 Å². The van der Waals surface area contributed by atoms with E-state index in [0.29, 0.717) is 5.06 Å². The fourth-order valence-corrected chi connectivity index (χ4v) is 2.17. The number of anilines is 1. The average molecular weight is 325 g/mol. The van der Waals surface area contributed by atoms with Crippen LogP contribution in [0, 0.1) is 11.3 Å². The molecule has 0 bridgehead atoms. The second-order valence-electron chi connectivity index (χ2n) is 6.19. The van der Waals surface area contributed by atoms with E-state index in [9.17, 15) is 15.3 Å². The van der Waals surface area contributed by atoms with E-state index in [0.717, 1.165) is 0 Å². The number of ether oxygens (including phenoxy) is 1. The molecular weight excluding hydrogens is 306 g/mol. The number of hydrogen-bond acceptors (Lipinski definition) is 6. The van der Waals surface area contributed by atoms with Crippen LogP contribution in [0.2, 0.25) is 0 Å². The first-order valence-electron chi connectivity index (χ1n) is 7.41. The molecule has 6 nitrogen and oxygen atoms in total. The predicted molar refractivity (Wildman–Crippen MR) is 88.1 cm³/mol. The lowest BCUT2D eigenvalue weighted by Gasteiger charge is -2.35. The first kappa shape index (κ1) is 17.4. The van der Waals surface area contributed by atoms with Crippen molar-refractivity contribution in [1.82, 2.24) is 4.98 Å². The van der Waals surface area contributed by atoms with E-state index in [2.05, 4.69) is 4.98 Å². The van der Waals surface area contributed by atoms with E-state index in [1.54, 1.807) is 63.2 Å². The Morgan fingerprint density at radius 1 is 1.17 bits per heavy atom. The maximum atomic E-state index is 12.9. The molecule has 0 spiro atoms. The van der Waals surface area contributed by atoms with E-state index in [1.165, 1.54) is 12.3 Å². The zero-order valence-corrected chi connectivity index (χ0v) is 13.8. The van der Waals surface area contributed by atoms with Crippen LogP contribution in [0.15, 0.2) is 54.7 Å². The molecule has 6 heteroatoms. The normalized spacial score (nSPS) is 13.5. The lowest BCUT2D eigenvalue weighted by Crippen LogP contribution is -2.52. The summed E-state index contributed by atoms with van der Waals surface area (Å²) >= 11 is 0. The summed E-state index contributed by atoms with van der Waals surface area (Å²) in [5.41, 5.74) is -2.60. The number of benzene rings is 1. The SMILES string of the molecule is CC(C)(C)OC(=O)[C@@](C#N)(c1ccccc1)N(O)c1ccccn1. The van der Waals surface area contributed by atoms with Gasteiger partial charge in [-0.25, -0.2) is 14.8 Å². The highest BCUT2D eigenvalue weighted by Crippen LogP contribution is 2.33. The van der Waals surface area contributed by atoms with Gasteiger partial charge < -0.3 is 4.74 Å². The molecule has 0 amide bonds. The van der Waals surface area contributed by atoms with Gasteiger partial charge in [-0.1, -0.05) is 36.4 Å². The zero-order valence-electron chi connectivity index (χ0n) is 13.8. The Bertz CT molecular complexity index is 736. The van der Waals surface area contributed by atoms with Crippen molar-refractivity contribution < 1.29 is 14.7 Å². The molecule has 0 saturated carbocycles. The number of hydroxylamine groups is 1. The van der Waals surface area contributed by atoms with Crippen LogP contribution in [0.25, 0.3) is 0 Å². The molecule has 1 aromatic heterocycles. The summed E-state index contributed by atoms with van der Waals surface area (Å²) in [6.07, 6.45) is 1.46. The molecule has 0 fully saturated rings. The van der Waals surface area contributed by atoms with E-state index < -0.39 is 17.1 Å². The fraction of sp³-hybridized carbons (Fsp3) is 0.278. The highest BCUT2D eigenvalue weighted by molar-refractivity contribution is 5.90. The first-order chi connectivity index (χ1) is 11.3. The van der Waals surface area contributed by atoms with Crippen molar-refractivity contribution in [1.29, 1.82) is 5.26 Å². The van der Waals surface area contributed by atoms with Crippen LogP contribution >= 0.6 is 0 Å². The van der Waals surface area contributed by atoms with Gasteiger partial charge in [-0.05, 0) is 32.9 Å². The van der Waals surface area contributed by atoms with Crippen molar-refractivity contribution >= 4 is 11.8 Å². The number of nitriles is 1. The molecule has 1 atom stereocenters. The van der Waals surface area contributed by atoms with Gasteiger partial charge in [0.15, 0.2) is 5.82 Å². The smallest absolute Gasteiger partial charge is 0.354 e. The third-order valence-electron chi connectivity index (χ3n) is 3.23. The highest BCUT2D eigenvalue weighted by atomic mass is 16.6. The van der Waals surface area contributed by atoms with Gasteiger partial charge in [-0.3, -0.25) is 5.21 Å². The summed E-state index contributed by atoms with van der Waals surface area (Å²) < 4.78 is 5.40. The predicted octanol–water partition coefficient (Wildman–Crippen LogP) is 3.04. The van der Waals surface area contributed by atoms with E-state index >= 15 is 0 Å². The van der Waals surface area contributed by atoms with Crippen LogP contribution in [0.1, 0.15) is 26.3 Å². The quantitative estimate of drug-likeness (QED) is 0.687. The molecule has 1 heterocycles. The molecule has 1 N–H and O–H groups in total. The van der Waals surface area contributed by atoms with Crippen molar-refractivity contribution in [2.45, 2.75) is 31.9 Å². The minimum atomic E-state index is -2.07. The second-order valence-corrected chi connectivity index (χ2v) is 6.19. The maximum Gasteiger partial charge on any atom is 0.354 e. The van der Waals surface area contributed by atoms with E-state index in [1.807, 2.05) is 6.07 Å². The van der Waals surface area contributed by atoms with Gasteiger partial charge in [0, 0.05) is 11.8 Å². The number of nitrogens with zero attached hydrogens (tertiary/aromatic N) is 3. The molecule has 24 heavy (non-hydrogen) atoms. The monoisotopic (exact) mass is 325 g/mol. The summed E-state index contributed by atoms with van der Waals surface area (Å²) in [6, 6.07) is 15.0. The van der Waals surface area contributed by atoms with Crippen molar-refractivity contribution in [3.8, 4) is 6.07 Å². The fourth-order valence-electron chi connectivity index (χ4n) is 2.17. The van der Waals surface area contributed by atoms with Gasteiger partial charge in [0.2, 0.25) is 0 Å². The Kier molecular flexibility index (Phi) is 4.86. The number of carbonyl (C=O) groups is 1. The third-order valence-corrected chi connectivity index (χ3v) is 3.23. The standard InChI is InChI=1S/C18H19N3O3/c1-17(2,3)24-16(22)18(13-19,14-9-5-4-6-10-14)21(23)15-11-7-8-12-20-15/h4-12,23H,1-3H3/t18-/m1/s1. The molecule has 0 aliphatic carbocycles. The number of aromatic nitrogens is 1. The number of pyridine rings is 1. The summed E-state index contributed by atoms with van der Waals surface area (Å²) in [4.78, 5) is 16.9. The molecule has 2 aromatic rings. The molecule has 0 radical (unpaired) electrons. The van der Waals surface area contributed by atoms with Crippen LogP contribution in [-0.2, 0) is 15.1 Å². The minimum Gasteiger partial charge on any atom is -0.457 e. The minimum absolute atomic E-state index is 0.0637. The third kappa shape index (κ3) is 3.36. The average Bonchev–Trinajstić information content (AvgIpc) is 2.56. The zero-order chi connectivity index (χ0) is 17.8. The lowest BCUT2D eigenvalue weighted by molar-refractivity contribution is -0.162.